The maximum Gasteiger partial charge on any atom is 0.263 e. The number of benzene rings is 2. The Labute approximate surface area is 205 Å². The molecular formula is C23H22N6O7. The van der Waals surface area contributed by atoms with Crippen LogP contribution in [-0.2, 0) is 16.1 Å². The van der Waals surface area contributed by atoms with E-state index in [0.717, 1.165) is 4.90 Å². The number of hydrogen-bond donors (Lipinski definition) is 0. The summed E-state index contributed by atoms with van der Waals surface area (Å²) >= 11 is 0. The second kappa shape index (κ2) is 9.17. The molecule has 2 atom stereocenters. The number of amides is 2. The van der Waals surface area contributed by atoms with Crippen molar-refractivity contribution >= 4 is 17.5 Å². The molecule has 0 radical (unpaired) electrons. The second-order valence-electron chi connectivity index (χ2n) is 7.85. The van der Waals surface area contributed by atoms with Gasteiger partial charge in [0.25, 0.3) is 11.8 Å². The molecule has 5 rings (SSSR count). The molecule has 3 heterocycles. The van der Waals surface area contributed by atoms with E-state index in [1.165, 1.54) is 26.3 Å². The lowest BCUT2D eigenvalue weighted by molar-refractivity contribution is -0.123. The fourth-order valence-electron chi connectivity index (χ4n) is 4.08. The number of anilines is 1. The first-order valence-electron chi connectivity index (χ1n) is 10.8. The minimum Gasteiger partial charge on any atom is -0.497 e. The zero-order valence-corrected chi connectivity index (χ0v) is 19.9. The number of aromatic nitrogens is 2. The molecule has 13 nitrogen and oxygen atoms in total. The van der Waals surface area contributed by atoms with Crippen molar-refractivity contribution in [1.29, 1.82) is 0 Å². The van der Waals surface area contributed by atoms with Crippen LogP contribution >= 0.6 is 0 Å². The van der Waals surface area contributed by atoms with Crippen LogP contribution in [0.3, 0.4) is 0 Å². The lowest BCUT2D eigenvalue weighted by atomic mass is 10.1. The Bertz CT molecular complexity index is 1330. The molecule has 186 valence electrons. The number of carbonyl (C=O) groups is 2. The number of ether oxygens (including phenoxy) is 4. The van der Waals surface area contributed by atoms with E-state index in [2.05, 4.69) is 20.5 Å². The Kier molecular flexibility index (Phi) is 5.88. The molecule has 0 spiro atoms. The molecule has 13 heteroatoms. The van der Waals surface area contributed by atoms with Crippen molar-refractivity contribution in [2.75, 3.05) is 33.3 Å². The summed E-state index contributed by atoms with van der Waals surface area (Å²) in [4.78, 5) is 31.9. The van der Waals surface area contributed by atoms with Crippen LogP contribution in [0.2, 0.25) is 0 Å². The van der Waals surface area contributed by atoms with Crippen LogP contribution in [0.1, 0.15) is 5.89 Å². The van der Waals surface area contributed by atoms with E-state index in [-0.39, 0.29) is 18.3 Å². The van der Waals surface area contributed by atoms with E-state index in [9.17, 15) is 9.59 Å². The van der Waals surface area contributed by atoms with Gasteiger partial charge >= 0.3 is 0 Å². The van der Waals surface area contributed by atoms with Crippen molar-refractivity contribution in [1.82, 2.24) is 15.1 Å². The average molecular weight is 494 g/mol. The summed E-state index contributed by atoms with van der Waals surface area (Å²) < 4.78 is 26.5. The molecule has 2 amide bonds. The zero-order chi connectivity index (χ0) is 25.4. The first-order valence-corrected chi connectivity index (χ1v) is 10.8. The molecule has 0 aliphatic carbocycles. The summed E-state index contributed by atoms with van der Waals surface area (Å²) in [6.45, 7) is -0.0234. The van der Waals surface area contributed by atoms with E-state index in [0.29, 0.717) is 34.2 Å². The number of hydrogen-bond acceptors (Lipinski definition) is 12. The summed E-state index contributed by atoms with van der Waals surface area (Å²) in [5.41, 5.74) is 0.914. The van der Waals surface area contributed by atoms with Gasteiger partial charge in [-0.15, -0.1) is 0 Å². The minimum atomic E-state index is -0.987. The maximum atomic E-state index is 13.3. The molecule has 0 bridgehead atoms. The highest BCUT2D eigenvalue weighted by molar-refractivity contribution is 6.25. The normalized spacial score (nSPS) is 18.6. The van der Waals surface area contributed by atoms with Gasteiger partial charge in [0.15, 0.2) is 12.1 Å². The third-order valence-corrected chi connectivity index (χ3v) is 5.87. The molecule has 0 N–H and O–H groups in total. The van der Waals surface area contributed by atoms with Crippen molar-refractivity contribution < 1.29 is 33.1 Å². The van der Waals surface area contributed by atoms with Crippen LogP contribution in [0.4, 0.5) is 5.69 Å². The van der Waals surface area contributed by atoms with Crippen LogP contribution in [0.5, 0.6) is 23.0 Å². The minimum absolute atomic E-state index is 0.0234. The van der Waals surface area contributed by atoms with Crippen molar-refractivity contribution in [3.8, 4) is 34.4 Å². The lowest BCUT2D eigenvalue weighted by Crippen LogP contribution is -2.39. The van der Waals surface area contributed by atoms with E-state index >= 15 is 0 Å². The van der Waals surface area contributed by atoms with Crippen LogP contribution < -0.4 is 23.8 Å². The Balaban J connectivity index is 1.37. The number of fused-ring (bicyclic) bond motifs is 1. The van der Waals surface area contributed by atoms with Gasteiger partial charge in [0.1, 0.15) is 29.5 Å². The number of carbonyl (C=O) groups excluding carboxylic acids is 2. The number of imide groups is 1. The molecule has 1 fully saturated rings. The molecule has 2 aliphatic heterocycles. The Morgan fingerprint density at radius 3 is 2.28 bits per heavy atom. The molecular weight excluding hydrogens is 472 g/mol. The zero-order valence-electron chi connectivity index (χ0n) is 19.9. The van der Waals surface area contributed by atoms with E-state index in [1.807, 2.05) is 0 Å². The van der Waals surface area contributed by atoms with Crippen LogP contribution in [0, 0.1) is 0 Å². The van der Waals surface area contributed by atoms with Crippen molar-refractivity contribution in [2.45, 2.75) is 18.6 Å². The van der Waals surface area contributed by atoms with Gasteiger partial charge in [0, 0.05) is 24.3 Å². The quantitative estimate of drug-likeness (QED) is 0.428. The Morgan fingerprint density at radius 1 is 0.889 bits per heavy atom. The van der Waals surface area contributed by atoms with Gasteiger partial charge in [-0.05, 0) is 12.1 Å². The maximum absolute atomic E-state index is 13.3. The molecule has 0 unspecified atom stereocenters. The first kappa shape index (κ1) is 23.1. The Morgan fingerprint density at radius 2 is 1.61 bits per heavy atom. The average Bonchev–Trinajstić information content (AvgIpc) is 3.60. The highest BCUT2D eigenvalue weighted by Gasteiger charge is 2.55. The molecule has 1 saturated heterocycles. The second-order valence-corrected chi connectivity index (χ2v) is 7.85. The highest BCUT2D eigenvalue weighted by Crippen LogP contribution is 2.36. The standard InChI is InChI=1S/C23H22N6O7/c1-32-13-5-6-16(17(10-13)35-4)21-24-18(36-26-21)11-28-20-19(25-27-28)22(30)29(23(20)31)12-7-14(33-2)9-15(8-12)34-3/h5-10,19-20H,11H2,1-4H3/t19-,20+/m0/s1. The van der Waals surface area contributed by atoms with Gasteiger partial charge in [-0.25, -0.2) is 4.90 Å². The van der Waals surface area contributed by atoms with Crippen LogP contribution in [0.25, 0.3) is 11.4 Å². The van der Waals surface area contributed by atoms with Gasteiger partial charge in [-0.3, -0.25) is 14.6 Å². The van der Waals surface area contributed by atoms with Gasteiger partial charge < -0.3 is 23.5 Å². The smallest absolute Gasteiger partial charge is 0.263 e. The van der Waals surface area contributed by atoms with Gasteiger partial charge in [-0.1, -0.05) is 10.4 Å². The molecule has 3 aromatic rings. The molecule has 1 aromatic heterocycles. The molecule has 2 aliphatic rings. The third-order valence-electron chi connectivity index (χ3n) is 5.87. The molecule has 36 heavy (non-hydrogen) atoms. The molecule has 0 saturated carbocycles. The number of nitrogens with zero attached hydrogens (tertiary/aromatic N) is 6. The summed E-state index contributed by atoms with van der Waals surface area (Å²) in [5, 5.41) is 13.4. The monoisotopic (exact) mass is 494 g/mol. The molecule has 2 aromatic carbocycles. The van der Waals surface area contributed by atoms with Crippen molar-refractivity contribution in [3.63, 3.8) is 0 Å². The predicted molar refractivity (Wildman–Crippen MR) is 123 cm³/mol. The van der Waals surface area contributed by atoms with Crippen molar-refractivity contribution in [3.05, 3.63) is 42.3 Å². The Hall–Kier alpha value is -4.68. The first-order chi connectivity index (χ1) is 17.5. The largest absolute Gasteiger partial charge is 0.497 e. The summed E-state index contributed by atoms with van der Waals surface area (Å²) in [7, 11) is 6.05. The highest BCUT2D eigenvalue weighted by atomic mass is 16.5. The fraction of sp³-hybridized carbons (Fsp3) is 0.304. The number of methoxy groups -OCH3 is 4. The fourth-order valence-corrected chi connectivity index (χ4v) is 4.08. The summed E-state index contributed by atoms with van der Waals surface area (Å²) in [6, 6.07) is 8.07. The summed E-state index contributed by atoms with van der Waals surface area (Å²) in [6.07, 6.45) is 0. The summed E-state index contributed by atoms with van der Waals surface area (Å²) in [5.74, 6) is 1.48. The predicted octanol–water partition coefficient (Wildman–Crippen LogP) is 2.26. The van der Waals surface area contributed by atoms with E-state index in [1.54, 1.807) is 43.5 Å². The van der Waals surface area contributed by atoms with E-state index in [4.69, 9.17) is 23.5 Å². The van der Waals surface area contributed by atoms with Crippen LogP contribution in [-0.4, -0.2) is 67.5 Å². The number of rotatable bonds is 8. The topological polar surface area (TPSA) is 141 Å². The van der Waals surface area contributed by atoms with Gasteiger partial charge in [-0.2, -0.15) is 10.1 Å². The lowest BCUT2D eigenvalue weighted by Gasteiger charge is -2.20. The van der Waals surface area contributed by atoms with Crippen LogP contribution in [0.15, 0.2) is 51.3 Å². The van der Waals surface area contributed by atoms with Gasteiger partial charge in [0.2, 0.25) is 11.7 Å². The SMILES string of the molecule is COc1cc(OC)cc(N2C(=O)[C@H]3N=NN(Cc4nc(-c5ccc(OC)cc5OC)no4)[C@H]3C2=O)c1. The van der Waals surface area contributed by atoms with Crippen molar-refractivity contribution in [2.24, 2.45) is 10.3 Å². The van der Waals surface area contributed by atoms with E-state index < -0.39 is 23.9 Å². The third kappa shape index (κ3) is 3.83. The van der Waals surface area contributed by atoms with Gasteiger partial charge in [0.05, 0.1) is 39.7 Å².